The molecule has 0 amide bonds. The largest absolute Gasteiger partial charge is 0.395 e. The van der Waals surface area contributed by atoms with Crippen molar-refractivity contribution < 1.29 is 0 Å². The summed E-state index contributed by atoms with van der Waals surface area (Å²) in [6, 6.07) is 4.06. The molecule has 0 aliphatic rings. The number of hydrogen-bond donors (Lipinski definition) is 2. The van der Waals surface area contributed by atoms with E-state index in [0.29, 0.717) is 0 Å². The van der Waals surface area contributed by atoms with Crippen molar-refractivity contribution in [3.63, 3.8) is 0 Å². The maximum Gasteiger partial charge on any atom is 0.106 e. The highest BCUT2D eigenvalue weighted by Crippen LogP contribution is 2.29. The molecule has 0 atom stereocenters. The van der Waals surface area contributed by atoms with E-state index < -0.39 is 0 Å². The Morgan fingerprint density at radius 3 is 3.11 bits per heavy atom. The molecule has 2 aromatic heterocycles. The minimum atomic E-state index is 0.727. The molecule has 0 spiro atoms. The minimum Gasteiger partial charge on any atom is -0.395 e. The highest BCUT2D eigenvalue weighted by Gasteiger charge is 2.06. The smallest absolute Gasteiger partial charge is 0.106 e. The number of aromatic nitrogens is 3. The third-order valence-corrected chi connectivity index (χ3v) is 3.82. The lowest BCUT2D eigenvalue weighted by Gasteiger charge is -2.08. The molecular weight excluding hydrogens is 258 g/mol. The number of hydrogen-bond acceptors (Lipinski definition) is 5. The SMILES string of the molecule is Cn1cc(CCNc2ccc3scnc3c2N)cn1. The Morgan fingerprint density at radius 2 is 2.32 bits per heavy atom. The van der Waals surface area contributed by atoms with E-state index in [1.807, 2.05) is 35.7 Å². The minimum absolute atomic E-state index is 0.727. The van der Waals surface area contributed by atoms with Crippen LogP contribution < -0.4 is 11.1 Å². The predicted molar refractivity (Wildman–Crippen MR) is 79.4 cm³/mol. The first kappa shape index (κ1) is 12.0. The molecule has 0 unspecified atom stereocenters. The summed E-state index contributed by atoms with van der Waals surface area (Å²) >= 11 is 1.60. The molecule has 0 saturated carbocycles. The van der Waals surface area contributed by atoms with Crippen molar-refractivity contribution in [2.45, 2.75) is 6.42 Å². The van der Waals surface area contributed by atoms with Crippen molar-refractivity contribution in [1.82, 2.24) is 14.8 Å². The fourth-order valence-corrected chi connectivity index (χ4v) is 2.74. The second-order valence-corrected chi connectivity index (χ2v) is 5.31. The average molecular weight is 273 g/mol. The number of nitrogens with zero attached hydrogens (tertiary/aromatic N) is 3. The van der Waals surface area contributed by atoms with E-state index in [1.165, 1.54) is 5.56 Å². The maximum atomic E-state index is 6.11. The van der Waals surface area contributed by atoms with Crippen LogP contribution in [0.3, 0.4) is 0 Å². The zero-order chi connectivity index (χ0) is 13.2. The van der Waals surface area contributed by atoms with Crippen LogP contribution in [-0.4, -0.2) is 21.3 Å². The highest BCUT2D eigenvalue weighted by atomic mass is 32.1. The molecule has 3 aromatic rings. The number of fused-ring (bicyclic) bond motifs is 1. The summed E-state index contributed by atoms with van der Waals surface area (Å²) in [6.45, 7) is 0.825. The highest BCUT2D eigenvalue weighted by molar-refractivity contribution is 7.16. The third kappa shape index (κ3) is 2.39. The lowest BCUT2D eigenvalue weighted by atomic mass is 10.2. The molecular formula is C13H15N5S. The normalized spacial score (nSPS) is 11.0. The fourth-order valence-electron chi connectivity index (χ4n) is 2.05. The number of thiazole rings is 1. The summed E-state index contributed by atoms with van der Waals surface area (Å²) in [5.74, 6) is 0. The second-order valence-electron chi connectivity index (χ2n) is 4.42. The van der Waals surface area contributed by atoms with Crippen LogP contribution in [0.2, 0.25) is 0 Å². The van der Waals surface area contributed by atoms with Gasteiger partial charge in [-0.2, -0.15) is 5.10 Å². The average Bonchev–Trinajstić information content (AvgIpc) is 3.01. The Balaban J connectivity index is 1.69. The Morgan fingerprint density at radius 1 is 1.42 bits per heavy atom. The lowest BCUT2D eigenvalue weighted by molar-refractivity contribution is 0.767. The summed E-state index contributed by atoms with van der Waals surface area (Å²) in [4.78, 5) is 4.29. The summed E-state index contributed by atoms with van der Waals surface area (Å²) in [6.07, 6.45) is 4.83. The van der Waals surface area contributed by atoms with Gasteiger partial charge in [-0.25, -0.2) is 4.98 Å². The number of nitrogens with one attached hydrogen (secondary N) is 1. The summed E-state index contributed by atoms with van der Waals surface area (Å²) in [7, 11) is 1.92. The molecule has 5 nitrogen and oxygen atoms in total. The van der Waals surface area contributed by atoms with Gasteiger partial charge in [0, 0.05) is 19.8 Å². The zero-order valence-electron chi connectivity index (χ0n) is 10.6. The van der Waals surface area contributed by atoms with Crippen LogP contribution >= 0.6 is 11.3 Å². The van der Waals surface area contributed by atoms with Gasteiger partial charge in [0.1, 0.15) is 5.52 Å². The molecule has 0 bridgehead atoms. The van der Waals surface area contributed by atoms with Gasteiger partial charge in [0.2, 0.25) is 0 Å². The Bertz CT molecular complexity index is 700. The molecule has 3 N–H and O–H groups in total. The molecule has 6 heteroatoms. The molecule has 0 aliphatic heterocycles. The second kappa shape index (κ2) is 4.89. The summed E-state index contributed by atoms with van der Waals surface area (Å²) < 4.78 is 2.93. The van der Waals surface area contributed by atoms with Crippen molar-refractivity contribution in [3.05, 3.63) is 35.6 Å². The zero-order valence-corrected chi connectivity index (χ0v) is 11.4. The predicted octanol–water partition coefficient (Wildman–Crippen LogP) is 2.27. The molecule has 2 heterocycles. The first-order chi connectivity index (χ1) is 9.24. The summed E-state index contributed by atoms with van der Waals surface area (Å²) in [5.41, 5.74) is 11.7. The van der Waals surface area contributed by atoms with Crippen LogP contribution in [0.15, 0.2) is 30.0 Å². The molecule has 19 heavy (non-hydrogen) atoms. The number of anilines is 2. The topological polar surface area (TPSA) is 68.8 Å². The van der Waals surface area contributed by atoms with Crippen molar-refractivity contribution in [3.8, 4) is 0 Å². The lowest BCUT2D eigenvalue weighted by Crippen LogP contribution is -2.06. The van der Waals surface area contributed by atoms with Crippen LogP contribution in [0.1, 0.15) is 5.56 Å². The van der Waals surface area contributed by atoms with Gasteiger partial charge in [0.25, 0.3) is 0 Å². The van der Waals surface area contributed by atoms with Gasteiger partial charge >= 0.3 is 0 Å². The molecule has 0 radical (unpaired) electrons. The van der Waals surface area contributed by atoms with E-state index in [9.17, 15) is 0 Å². The van der Waals surface area contributed by atoms with Crippen molar-refractivity contribution in [2.75, 3.05) is 17.6 Å². The number of rotatable bonds is 4. The van der Waals surface area contributed by atoms with Gasteiger partial charge in [-0.15, -0.1) is 11.3 Å². The maximum absolute atomic E-state index is 6.11. The van der Waals surface area contributed by atoms with Gasteiger partial charge < -0.3 is 11.1 Å². The van der Waals surface area contributed by atoms with Crippen LogP contribution in [0.5, 0.6) is 0 Å². The number of nitrogen functional groups attached to an aromatic ring is 1. The number of nitrogens with two attached hydrogens (primary N) is 1. The van der Waals surface area contributed by atoms with E-state index in [2.05, 4.69) is 21.5 Å². The van der Waals surface area contributed by atoms with Gasteiger partial charge in [-0.1, -0.05) is 0 Å². The Kier molecular flexibility index (Phi) is 3.08. The van der Waals surface area contributed by atoms with Crippen molar-refractivity contribution >= 4 is 32.9 Å². The van der Waals surface area contributed by atoms with Crippen LogP contribution in [0.25, 0.3) is 10.2 Å². The fraction of sp³-hybridized carbons (Fsp3) is 0.231. The Labute approximate surface area is 115 Å². The van der Waals surface area contributed by atoms with Crippen molar-refractivity contribution in [1.29, 1.82) is 0 Å². The molecule has 1 aromatic carbocycles. The van der Waals surface area contributed by atoms with E-state index in [4.69, 9.17) is 5.73 Å². The Hall–Kier alpha value is -2.08. The quantitative estimate of drug-likeness (QED) is 0.715. The monoisotopic (exact) mass is 273 g/mol. The first-order valence-electron chi connectivity index (χ1n) is 6.07. The molecule has 0 aliphatic carbocycles. The standard InChI is InChI=1S/C13H15N5S/c1-18-7-9(6-17-18)4-5-15-10-2-3-11-13(12(10)14)16-8-19-11/h2-3,6-8,15H,4-5,14H2,1H3. The van der Waals surface area contributed by atoms with Crippen molar-refractivity contribution in [2.24, 2.45) is 7.05 Å². The first-order valence-corrected chi connectivity index (χ1v) is 6.95. The molecule has 0 fully saturated rings. The van der Waals surface area contributed by atoms with Crippen LogP contribution in [-0.2, 0) is 13.5 Å². The van der Waals surface area contributed by atoms with E-state index in [0.717, 1.165) is 34.6 Å². The van der Waals surface area contributed by atoms with Gasteiger partial charge in [0.15, 0.2) is 0 Å². The molecule has 98 valence electrons. The van der Waals surface area contributed by atoms with E-state index in [-0.39, 0.29) is 0 Å². The van der Waals surface area contributed by atoms with E-state index >= 15 is 0 Å². The molecule has 3 rings (SSSR count). The van der Waals surface area contributed by atoms with E-state index in [1.54, 1.807) is 11.3 Å². The third-order valence-electron chi connectivity index (χ3n) is 3.03. The number of benzene rings is 1. The van der Waals surface area contributed by atoms with Gasteiger partial charge in [-0.3, -0.25) is 4.68 Å². The summed E-state index contributed by atoms with van der Waals surface area (Å²) in [5, 5.41) is 7.50. The van der Waals surface area contributed by atoms with Crippen LogP contribution in [0, 0.1) is 0 Å². The number of aryl methyl sites for hydroxylation is 1. The van der Waals surface area contributed by atoms with Gasteiger partial charge in [0.05, 0.1) is 27.8 Å². The van der Waals surface area contributed by atoms with Crippen LogP contribution in [0.4, 0.5) is 11.4 Å². The molecule has 0 saturated heterocycles. The van der Waals surface area contributed by atoms with Gasteiger partial charge in [-0.05, 0) is 24.1 Å².